The zero-order valence-electron chi connectivity index (χ0n) is 17.0. The number of fused-ring (bicyclic) bond motifs is 5. The van der Waals surface area contributed by atoms with Gasteiger partial charge in [-0.2, -0.15) is 0 Å². The fourth-order valence-corrected chi connectivity index (χ4v) is 8.65. The maximum absolute atomic E-state index is 12.8. The van der Waals surface area contributed by atoms with E-state index in [9.17, 15) is 14.4 Å². The van der Waals surface area contributed by atoms with Crippen LogP contribution in [0.15, 0.2) is 11.6 Å². The predicted octanol–water partition coefficient (Wildman–Crippen LogP) is 4.98. The van der Waals surface area contributed by atoms with E-state index in [1.807, 2.05) is 6.08 Å². The number of ketones is 2. The van der Waals surface area contributed by atoms with Crippen molar-refractivity contribution in [3.05, 3.63) is 11.6 Å². The highest BCUT2D eigenvalue weighted by Crippen LogP contribution is 2.67. The van der Waals surface area contributed by atoms with Crippen molar-refractivity contribution in [1.29, 1.82) is 0 Å². The van der Waals surface area contributed by atoms with Crippen molar-refractivity contribution in [2.24, 2.45) is 34.5 Å². The van der Waals surface area contributed by atoms with Gasteiger partial charge in [0.2, 0.25) is 0 Å². The van der Waals surface area contributed by atoms with Crippen LogP contribution in [0.4, 0.5) is 0 Å². The lowest BCUT2D eigenvalue weighted by molar-refractivity contribution is -0.133. The lowest BCUT2D eigenvalue weighted by atomic mass is 9.46. The van der Waals surface area contributed by atoms with Gasteiger partial charge in [0.05, 0.1) is 5.92 Å². The topological polar surface area (TPSA) is 51.2 Å². The van der Waals surface area contributed by atoms with E-state index in [-0.39, 0.29) is 33.3 Å². The molecule has 3 nitrogen and oxygen atoms in total. The molecule has 0 bridgehead atoms. The minimum Gasteiger partial charge on any atom is -0.299 e. The summed E-state index contributed by atoms with van der Waals surface area (Å²) >= 11 is 1.50. The van der Waals surface area contributed by atoms with Crippen molar-refractivity contribution in [2.45, 2.75) is 77.9 Å². The van der Waals surface area contributed by atoms with Crippen molar-refractivity contribution in [3.63, 3.8) is 0 Å². The Bertz CT molecular complexity index is 725. The zero-order valence-corrected chi connectivity index (χ0v) is 17.9. The Hall–Kier alpha value is -0.900. The molecule has 27 heavy (non-hydrogen) atoms. The summed E-state index contributed by atoms with van der Waals surface area (Å²) in [4.78, 5) is 37.2. The van der Waals surface area contributed by atoms with Crippen LogP contribution < -0.4 is 0 Å². The lowest BCUT2D eigenvalue weighted by Crippen LogP contribution is -2.55. The van der Waals surface area contributed by atoms with Crippen molar-refractivity contribution in [1.82, 2.24) is 0 Å². The van der Waals surface area contributed by atoms with Gasteiger partial charge in [-0.1, -0.05) is 44.0 Å². The van der Waals surface area contributed by atoms with Crippen LogP contribution in [0.1, 0.15) is 72.6 Å². The first kappa shape index (κ1) is 19.4. The minimum absolute atomic E-state index is 0.000495. The number of carbonyl (C=O) groups excluding carboxylic acids is 3. The third kappa shape index (κ3) is 2.81. The summed E-state index contributed by atoms with van der Waals surface area (Å²) in [7, 11) is 0. The van der Waals surface area contributed by atoms with E-state index in [0.29, 0.717) is 17.3 Å². The second-order valence-corrected chi connectivity index (χ2v) is 11.4. The summed E-state index contributed by atoms with van der Waals surface area (Å²) in [6.07, 6.45) is 10.1. The molecule has 0 aliphatic heterocycles. The number of carbonyl (C=O) groups is 3. The molecular weight excluding hydrogens is 356 g/mol. The number of rotatable bonds is 2. The number of Topliss-reactive ketones (excluding diaryl/α,β-unsaturated/α-hetero) is 1. The van der Waals surface area contributed by atoms with E-state index in [2.05, 4.69) is 13.8 Å². The Kier molecular flexibility index (Phi) is 4.73. The third-order valence-corrected chi connectivity index (χ3v) is 9.71. The number of allylic oxidation sites excluding steroid dienone is 2. The fourth-order valence-electron chi connectivity index (χ4n) is 7.41. The normalized spacial score (nSPS) is 46.1. The molecule has 0 amide bonds. The Morgan fingerprint density at radius 2 is 1.85 bits per heavy atom. The molecule has 0 heterocycles. The molecule has 4 heteroatoms. The average molecular weight is 389 g/mol. The molecular formula is C23H32O3S. The maximum atomic E-state index is 12.8. The summed E-state index contributed by atoms with van der Waals surface area (Å²) in [5.41, 5.74) is 1.18. The molecule has 4 rings (SSSR count). The molecule has 4 aliphatic rings. The first-order valence-corrected chi connectivity index (χ1v) is 11.5. The molecule has 3 fully saturated rings. The van der Waals surface area contributed by atoms with Gasteiger partial charge < -0.3 is 0 Å². The standard InChI is InChI=1S/C23H32O3S/c1-13(24)21-18(26)12-17-20-16(8-10-23(17,21)4)22(3)9-6-5-7-15(22)11-19(20)27-14(2)25/h12,15-16,19-21H,5-11H2,1-4H3/t15?,16-,19+,20+,21-,22-,23-/m0/s1. The van der Waals surface area contributed by atoms with E-state index in [0.717, 1.165) is 19.3 Å². The highest BCUT2D eigenvalue weighted by Gasteiger charge is 2.61. The van der Waals surface area contributed by atoms with Gasteiger partial charge in [-0.05, 0) is 68.3 Å². The third-order valence-electron chi connectivity index (χ3n) is 8.59. The van der Waals surface area contributed by atoms with Crippen molar-refractivity contribution < 1.29 is 14.4 Å². The number of hydrogen-bond donors (Lipinski definition) is 0. The molecule has 7 atom stereocenters. The van der Waals surface area contributed by atoms with E-state index >= 15 is 0 Å². The molecule has 3 saturated carbocycles. The SMILES string of the molecule is CC(=O)S[C@@H]1CC2CCCC[C@]2(C)[C@H]2CC[C@@]3(C)C(=CC(=O)[C@@H]3C(C)=O)[C@H]12. The van der Waals surface area contributed by atoms with Crippen LogP contribution >= 0.6 is 11.8 Å². The molecule has 0 spiro atoms. The molecule has 4 aliphatic carbocycles. The Morgan fingerprint density at radius 1 is 1.11 bits per heavy atom. The van der Waals surface area contributed by atoms with E-state index in [1.165, 1.54) is 43.0 Å². The second kappa shape index (κ2) is 6.57. The Morgan fingerprint density at radius 3 is 2.52 bits per heavy atom. The summed E-state index contributed by atoms with van der Waals surface area (Å²) in [5.74, 6) is 0.989. The highest BCUT2D eigenvalue weighted by atomic mass is 32.2. The molecule has 0 aromatic rings. The fraction of sp³-hybridized carbons (Fsp3) is 0.783. The Balaban J connectivity index is 1.78. The van der Waals surface area contributed by atoms with Crippen LogP contribution in [-0.4, -0.2) is 21.9 Å². The zero-order chi connectivity index (χ0) is 19.6. The van der Waals surface area contributed by atoms with Gasteiger partial charge in [-0.3, -0.25) is 14.4 Å². The maximum Gasteiger partial charge on any atom is 0.186 e. The number of thioether (sulfide) groups is 1. The van der Waals surface area contributed by atoms with Crippen molar-refractivity contribution in [2.75, 3.05) is 0 Å². The van der Waals surface area contributed by atoms with Gasteiger partial charge >= 0.3 is 0 Å². The smallest absolute Gasteiger partial charge is 0.186 e. The molecule has 0 N–H and O–H groups in total. The molecule has 0 saturated heterocycles. The monoisotopic (exact) mass is 388 g/mol. The van der Waals surface area contributed by atoms with Crippen LogP contribution in [0.2, 0.25) is 0 Å². The molecule has 1 unspecified atom stereocenters. The molecule has 0 aromatic heterocycles. The predicted molar refractivity (Wildman–Crippen MR) is 108 cm³/mol. The van der Waals surface area contributed by atoms with Gasteiger partial charge in [-0.25, -0.2) is 0 Å². The van der Waals surface area contributed by atoms with Crippen LogP contribution in [0, 0.1) is 34.5 Å². The van der Waals surface area contributed by atoms with Gasteiger partial charge in [0.25, 0.3) is 0 Å². The van der Waals surface area contributed by atoms with E-state index in [1.54, 1.807) is 13.8 Å². The molecule has 148 valence electrons. The summed E-state index contributed by atoms with van der Waals surface area (Å²) in [6, 6.07) is 0. The quantitative estimate of drug-likeness (QED) is 0.626. The first-order valence-electron chi connectivity index (χ1n) is 10.6. The first-order chi connectivity index (χ1) is 12.7. The lowest BCUT2D eigenvalue weighted by Gasteiger charge is -2.60. The Labute approximate surface area is 167 Å². The van der Waals surface area contributed by atoms with Gasteiger partial charge in [0.15, 0.2) is 10.9 Å². The van der Waals surface area contributed by atoms with Crippen LogP contribution in [0.5, 0.6) is 0 Å². The summed E-state index contributed by atoms with van der Waals surface area (Å²) < 4.78 is 0. The van der Waals surface area contributed by atoms with Crippen LogP contribution in [0.25, 0.3) is 0 Å². The minimum atomic E-state index is -0.506. The van der Waals surface area contributed by atoms with Crippen molar-refractivity contribution in [3.8, 4) is 0 Å². The molecule has 0 radical (unpaired) electrons. The van der Waals surface area contributed by atoms with E-state index in [4.69, 9.17) is 0 Å². The largest absolute Gasteiger partial charge is 0.299 e. The number of hydrogen-bond acceptors (Lipinski definition) is 4. The van der Waals surface area contributed by atoms with Gasteiger partial charge in [-0.15, -0.1) is 0 Å². The van der Waals surface area contributed by atoms with Gasteiger partial charge in [0, 0.05) is 17.6 Å². The second-order valence-electron chi connectivity index (χ2n) is 9.97. The van der Waals surface area contributed by atoms with Gasteiger partial charge in [0.1, 0.15) is 5.78 Å². The van der Waals surface area contributed by atoms with E-state index < -0.39 is 5.92 Å². The summed E-state index contributed by atoms with van der Waals surface area (Å²) in [6.45, 7) is 7.85. The van der Waals surface area contributed by atoms with Crippen LogP contribution in [0.3, 0.4) is 0 Å². The van der Waals surface area contributed by atoms with Crippen molar-refractivity contribution >= 4 is 28.4 Å². The van der Waals surface area contributed by atoms with Crippen LogP contribution in [-0.2, 0) is 14.4 Å². The average Bonchev–Trinajstić information content (AvgIpc) is 2.84. The molecule has 0 aromatic carbocycles. The summed E-state index contributed by atoms with van der Waals surface area (Å²) in [5, 5.41) is 0.437. The highest BCUT2D eigenvalue weighted by molar-refractivity contribution is 8.14.